The third kappa shape index (κ3) is 6.39. The second kappa shape index (κ2) is 10.3. The highest BCUT2D eigenvalue weighted by molar-refractivity contribution is 5.95. The summed E-state index contributed by atoms with van der Waals surface area (Å²) in [4.78, 5) is 24.8. The third-order valence-corrected chi connectivity index (χ3v) is 3.98. The maximum Gasteiger partial charge on any atom is 0.387 e. The molecular formula is C19H21F2N3O5. The van der Waals surface area contributed by atoms with Crippen LogP contribution in [-0.2, 0) is 11.3 Å². The largest absolute Gasteiger partial charge is 0.435 e. The van der Waals surface area contributed by atoms with Crippen molar-refractivity contribution in [3.05, 3.63) is 63.7 Å². The summed E-state index contributed by atoms with van der Waals surface area (Å²) in [6.45, 7) is -1.96. The topological polar surface area (TPSA) is 93.9 Å². The van der Waals surface area contributed by atoms with Crippen molar-refractivity contribution in [2.45, 2.75) is 13.2 Å². The monoisotopic (exact) mass is 409 g/mol. The molecule has 0 fully saturated rings. The minimum Gasteiger partial charge on any atom is -0.435 e. The van der Waals surface area contributed by atoms with E-state index in [-0.39, 0.29) is 23.5 Å². The number of nitrogens with one attached hydrogen (secondary N) is 1. The molecule has 0 aliphatic carbocycles. The van der Waals surface area contributed by atoms with E-state index in [0.717, 1.165) is 0 Å². The second-order valence-electron chi connectivity index (χ2n) is 6.09. The molecule has 29 heavy (non-hydrogen) atoms. The number of hydrogen-bond donors (Lipinski definition) is 1. The molecule has 156 valence electrons. The SMILES string of the molecule is COCCNc1ccc(C(=O)N(C)Cc2ccc(OC(F)F)cc2)cc1[N+](=O)[O-]. The summed E-state index contributed by atoms with van der Waals surface area (Å²) >= 11 is 0. The van der Waals surface area contributed by atoms with Crippen molar-refractivity contribution in [3.8, 4) is 5.75 Å². The molecule has 0 spiro atoms. The Bertz CT molecular complexity index is 846. The predicted molar refractivity (Wildman–Crippen MR) is 102 cm³/mol. The maximum atomic E-state index is 12.6. The minimum atomic E-state index is -2.91. The molecule has 0 bridgehead atoms. The van der Waals surface area contributed by atoms with Gasteiger partial charge in [0.05, 0.1) is 11.5 Å². The zero-order chi connectivity index (χ0) is 21.4. The first kappa shape index (κ1) is 22.0. The Hall–Kier alpha value is -3.27. The molecule has 2 rings (SSSR count). The van der Waals surface area contributed by atoms with Gasteiger partial charge in [0.15, 0.2) is 0 Å². The van der Waals surface area contributed by atoms with E-state index in [1.807, 2.05) is 0 Å². The van der Waals surface area contributed by atoms with Gasteiger partial charge in [-0.25, -0.2) is 0 Å². The molecule has 0 aromatic heterocycles. The van der Waals surface area contributed by atoms with Crippen molar-refractivity contribution in [2.24, 2.45) is 0 Å². The minimum absolute atomic E-state index is 0.0184. The fourth-order valence-electron chi connectivity index (χ4n) is 2.60. The van der Waals surface area contributed by atoms with Crippen molar-refractivity contribution in [2.75, 3.05) is 32.6 Å². The van der Waals surface area contributed by atoms with E-state index in [1.54, 1.807) is 19.2 Å². The van der Waals surface area contributed by atoms with Gasteiger partial charge < -0.3 is 19.7 Å². The number of alkyl halides is 2. The summed E-state index contributed by atoms with van der Waals surface area (Å²) < 4.78 is 33.6. The Kier molecular flexibility index (Phi) is 7.84. The highest BCUT2D eigenvalue weighted by atomic mass is 19.3. The van der Waals surface area contributed by atoms with Crippen LogP contribution < -0.4 is 10.1 Å². The quantitative estimate of drug-likeness (QED) is 0.367. The number of hydrogen-bond acceptors (Lipinski definition) is 6. The fourth-order valence-corrected chi connectivity index (χ4v) is 2.60. The molecule has 2 aromatic carbocycles. The molecule has 0 heterocycles. The van der Waals surface area contributed by atoms with Crippen molar-refractivity contribution in [1.29, 1.82) is 0 Å². The molecule has 0 saturated heterocycles. The zero-order valence-corrected chi connectivity index (χ0v) is 15.9. The molecule has 1 amide bonds. The summed E-state index contributed by atoms with van der Waals surface area (Å²) in [6.07, 6.45) is 0. The number of carbonyl (C=O) groups is 1. The average Bonchev–Trinajstić information content (AvgIpc) is 2.68. The maximum absolute atomic E-state index is 12.6. The summed E-state index contributed by atoms with van der Waals surface area (Å²) in [5.41, 5.74) is 0.929. The van der Waals surface area contributed by atoms with Crippen LogP contribution >= 0.6 is 0 Å². The lowest BCUT2D eigenvalue weighted by Crippen LogP contribution is -2.26. The van der Waals surface area contributed by atoms with E-state index < -0.39 is 17.4 Å². The number of nitro benzene ring substituents is 1. The highest BCUT2D eigenvalue weighted by Crippen LogP contribution is 2.26. The molecule has 1 N–H and O–H groups in total. The van der Waals surface area contributed by atoms with Crippen LogP contribution in [0.2, 0.25) is 0 Å². The normalized spacial score (nSPS) is 10.7. The molecule has 0 saturated carbocycles. The van der Waals surface area contributed by atoms with Crippen LogP contribution in [0.5, 0.6) is 5.75 Å². The number of benzene rings is 2. The van der Waals surface area contributed by atoms with E-state index in [2.05, 4.69) is 10.1 Å². The molecule has 0 radical (unpaired) electrons. The molecule has 2 aromatic rings. The fraction of sp³-hybridized carbons (Fsp3) is 0.316. The van der Waals surface area contributed by atoms with E-state index in [1.165, 1.54) is 42.3 Å². The lowest BCUT2D eigenvalue weighted by molar-refractivity contribution is -0.384. The molecule has 10 heteroatoms. The van der Waals surface area contributed by atoms with Gasteiger partial charge in [-0.05, 0) is 29.8 Å². The number of nitrogens with zero attached hydrogens (tertiary/aromatic N) is 2. The zero-order valence-electron chi connectivity index (χ0n) is 15.9. The van der Waals surface area contributed by atoms with Gasteiger partial charge in [0.25, 0.3) is 11.6 Å². The van der Waals surface area contributed by atoms with Crippen LogP contribution in [-0.4, -0.2) is 49.7 Å². The highest BCUT2D eigenvalue weighted by Gasteiger charge is 2.19. The van der Waals surface area contributed by atoms with Crippen molar-refractivity contribution >= 4 is 17.3 Å². The van der Waals surface area contributed by atoms with Crippen LogP contribution in [0.4, 0.5) is 20.2 Å². The van der Waals surface area contributed by atoms with E-state index in [0.29, 0.717) is 24.4 Å². The first-order valence-electron chi connectivity index (χ1n) is 8.62. The first-order valence-corrected chi connectivity index (χ1v) is 8.62. The summed E-state index contributed by atoms with van der Waals surface area (Å²) in [7, 11) is 3.07. The molecule has 0 atom stereocenters. The number of ether oxygens (including phenoxy) is 2. The van der Waals surface area contributed by atoms with Crippen molar-refractivity contribution < 1.29 is 28.0 Å². The van der Waals surface area contributed by atoms with Crippen LogP contribution in [0.3, 0.4) is 0 Å². The lowest BCUT2D eigenvalue weighted by atomic mass is 10.1. The Balaban J connectivity index is 2.09. The van der Waals surface area contributed by atoms with Crippen LogP contribution in [0.15, 0.2) is 42.5 Å². The Labute approximate surface area is 166 Å². The smallest absolute Gasteiger partial charge is 0.387 e. The van der Waals surface area contributed by atoms with Crippen LogP contribution in [0, 0.1) is 10.1 Å². The first-order chi connectivity index (χ1) is 13.8. The third-order valence-electron chi connectivity index (χ3n) is 3.98. The van der Waals surface area contributed by atoms with Crippen LogP contribution in [0.25, 0.3) is 0 Å². The molecular weight excluding hydrogens is 388 g/mol. The number of halogens is 2. The Morgan fingerprint density at radius 3 is 2.52 bits per heavy atom. The average molecular weight is 409 g/mol. The molecule has 0 unspecified atom stereocenters. The number of nitro groups is 1. The van der Waals surface area contributed by atoms with E-state index >= 15 is 0 Å². The summed E-state index contributed by atoms with van der Waals surface area (Å²) in [5, 5.41) is 14.2. The lowest BCUT2D eigenvalue weighted by Gasteiger charge is -2.18. The van der Waals surface area contributed by atoms with Crippen LogP contribution in [0.1, 0.15) is 15.9 Å². The van der Waals surface area contributed by atoms with E-state index in [9.17, 15) is 23.7 Å². The van der Waals surface area contributed by atoms with Gasteiger partial charge in [-0.3, -0.25) is 14.9 Å². The van der Waals surface area contributed by atoms with Crippen molar-refractivity contribution in [3.63, 3.8) is 0 Å². The molecule has 8 nitrogen and oxygen atoms in total. The summed E-state index contributed by atoms with van der Waals surface area (Å²) in [5.74, 6) is -0.394. The van der Waals surface area contributed by atoms with Crippen molar-refractivity contribution in [1.82, 2.24) is 4.90 Å². The standard InChI is InChI=1S/C19H21F2N3O5/c1-23(12-13-3-6-15(7-4-13)29-19(20)21)18(25)14-5-8-16(22-9-10-28-2)17(11-14)24(26)27/h3-8,11,19,22H,9-10,12H2,1-2H3. The number of amides is 1. The van der Waals surface area contributed by atoms with Gasteiger partial charge >= 0.3 is 6.61 Å². The second-order valence-corrected chi connectivity index (χ2v) is 6.09. The number of methoxy groups -OCH3 is 1. The predicted octanol–water partition coefficient (Wildman–Crippen LogP) is 3.53. The molecule has 0 aliphatic rings. The summed E-state index contributed by atoms with van der Waals surface area (Å²) in [6, 6.07) is 10.1. The Morgan fingerprint density at radius 2 is 1.93 bits per heavy atom. The van der Waals surface area contributed by atoms with Gasteiger partial charge in [0.2, 0.25) is 0 Å². The van der Waals surface area contributed by atoms with Gasteiger partial charge in [-0.1, -0.05) is 12.1 Å². The number of rotatable bonds is 10. The number of anilines is 1. The van der Waals surface area contributed by atoms with Gasteiger partial charge in [-0.2, -0.15) is 8.78 Å². The number of carbonyl (C=O) groups excluding carboxylic acids is 1. The molecule has 0 aliphatic heterocycles. The van der Waals surface area contributed by atoms with Gasteiger partial charge in [0, 0.05) is 38.9 Å². The Morgan fingerprint density at radius 1 is 1.24 bits per heavy atom. The van der Waals surface area contributed by atoms with Gasteiger partial charge in [0.1, 0.15) is 11.4 Å². The van der Waals surface area contributed by atoms with E-state index in [4.69, 9.17) is 4.74 Å². The van der Waals surface area contributed by atoms with Gasteiger partial charge in [-0.15, -0.1) is 0 Å².